The Morgan fingerprint density at radius 1 is 1.03 bits per heavy atom. The van der Waals surface area contributed by atoms with E-state index in [9.17, 15) is 4.79 Å². The van der Waals surface area contributed by atoms with E-state index in [1.165, 1.54) is 16.9 Å². The van der Waals surface area contributed by atoms with Crippen LogP contribution in [0.1, 0.15) is 16.7 Å². The summed E-state index contributed by atoms with van der Waals surface area (Å²) in [5, 5.41) is 0. The zero-order valence-electron chi connectivity index (χ0n) is 15.8. The second-order valence-electron chi connectivity index (χ2n) is 6.98. The van der Waals surface area contributed by atoms with Crippen LogP contribution in [-0.4, -0.2) is 9.38 Å². The third kappa shape index (κ3) is 3.41. The maximum atomic E-state index is 12.8. The van der Waals surface area contributed by atoms with Crippen LogP contribution in [0.4, 0.5) is 0 Å². The molecule has 4 nitrogen and oxygen atoms in total. The average Bonchev–Trinajstić information content (AvgIpc) is 3.24. The van der Waals surface area contributed by atoms with Crippen molar-refractivity contribution in [2.75, 3.05) is 0 Å². The lowest BCUT2D eigenvalue weighted by Crippen LogP contribution is -2.22. The van der Waals surface area contributed by atoms with E-state index in [4.69, 9.17) is 4.74 Å². The number of thiazole rings is 1. The minimum Gasteiger partial charge on any atom is -0.489 e. The van der Waals surface area contributed by atoms with E-state index < -0.39 is 0 Å². The van der Waals surface area contributed by atoms with Crippen LogP contribution in [0.2, 0.25) is 0 Å². The fourth-order valence-electron chi connectivity index (χ4n) is 3.39. The van der Waals surface area contributed by atoms with Crippen molar-refractivity contribution >= 4 is 33.4 Å². The monoisotopic (exact) mass is 398 g/mol. The lowest BCUT2D eigenvalue weighted by Gasteiger charge is -2.07. The van der Waals surface area contributed by atoms with Gasteiger partial charge in [0.1, 0.15) is 12.4 Å². The first kappa shape index (κ1) is 17.6. The summed E-state index contributed by atoms with van der Waals surface area (Å²) >= 11 is 1.41. The van der Waals surface area contributed by atoms with Crippen molar-refractivity contribution in [1.82, 2.24) is 9.38 Å². The molecular formula is C24H18N2O2S. The van der Waals surface area contributed by atoms with Crippen LogP contribution < -0.4 is 14.8 Å². The number of rotatable bonds is 4. The average molecular weight is 398 g/mol. The molecule has 29 heavy (non-hydrogen) atoms. The Morgan fingerprint density at radius 2 is 1.86 bits per heavy atom. The summed E-state index contributed by atoms with van der Waals surface area (Å²) in [6.45, 7) is 2.60. The molecule has 0 atom stereocenters. The standard InChI is InChI=1S/C24H18N2O2S/c1-16-5-4-6-18(13-16)15-28-19-11-9-17(10-12-19)14-22-23(27)26-21-8-3-2-7-20(21)25-24(26)29-22/h2-14H,15H2,1H3. The topological polar surface area (TPSA) is 43.6 Å². The van der Waals surface area contributed by atoms with E-state index in [1.807, 2.05) is 60.7 Å². The van der Waals surface area contributed by atoms with Gasteiger partial charge in [0.25, 0.3) is 5.56 Å². The van der Waals surface area contributed by atoms with Crippen LogP contribution in [0.25, 0.3) is 22.1 Å². The summed E-state index contributed by atoms with van der Waals surface area (Å²) in [7, 11) is 0. The number of benzene rings is 3. The van der Waals surface area contributed by atoms with Gasteiger partial charge in [-0.25, -0.2) is 9.38 Å². The fraction of sp³-hybridized carbons (Fsp3) is 0.0833. The van der Waals surface area contributed by atoms with Gasteiger partial charge in [0, 0.05) is 0 Å². The highest BCUT2D eigenvalue weighted by atomic mass is 32.1. The zero-order valence-corrected chi connectivity index (χ0v) is 16.6. The van der Waals surface area contributed by atoms with Gasteiger partial charge in [-0.1, -0.05) is 65.4 Å². The molecule has 3 aromatic carbocycles. The minimum atomic E-state index is -0.0292. The lowest BCUT2D eigenvalue weighted by atomic mass is 10.1. The Morgan fingerprint density at radius 3 is 2.69 bits per heavy atom. The quantitative estimate of drug-likeness (QED) is 0.452. The van der Waals surface area contributed by atoms with Gasteiger partial charge < -0.3 is 4.74 Å². The number of hydrogen-bond donors (Lipinski definition) is 0. The molecule has 142 valence electrons. The third-order valence-electron chi connectivity index (χ3n) is 4.81. The Kier molecular flexibility index (Phi) is 4.37. The summed E-state index contributed by atoms with van der Waals surface area (Å²) in [6, 6.07) is 23.8. The second kappa shape index (κ2) is 7.18. The molecule has 2 heterocycles. The van der Waals surface area contributed by atoms with E-state index in [-0.39, 0.29) is 5.56 Å². The molecule has 0 radical (unpaired) electrons. The van der Waals surface area contributed by atoms with E-state index in [1.54, 1.807) is 4.40 Å². The number of nitrogens with zero attached hydrogens (tertiary/aromatic N) is 2. The molecule has 5 rings (SSSR count). The summed E-state index contributed by atoms with van der Waals surface area (Å²) in [5.74, 6) is 0.804. The Balaban J connectivity index is 1.41. The summed E-state index contributed by atoms with van der Waals surface area (Å²) in [5.41, 5.74) is 4.99. The maximum absolute atomic E-state index is 12.8. The van der Waals surface area contributed by atoms with Crippen molar-refractivity contribution in [1.29, 1.82) is 0 Å². The first-order valence-electron chi connectivity index (χ1n) is 9.37. The third-order valence-corrected chi connectivity index (χ3v) is 5.78. The maximum Gasteiger partial charge on any atom is 0.274 e. The number of aryl methyl sites for hydroxylation is 1. The molecular weight excluding hydrogens is 380 g/mol. The van der Waals surface area contributed by atoms with Crippen molar-refractivity contribution in [2.45, 2.75) is 13.5 Å². The molecule has 0 spiro atoms. The molecule has 0 N–H and O–H groups in total. The number of aromatic nitrogens is 2. The molecule has 5 aromatic rings. The number of fused-ring (bicyclic) bond motifs is 3. The van der Waals surface area contributed by atoms with E-state index in [2.05, 4.69) is 30.1 Å². The van der Waals surface area contributed by atoms with Gasteiger partial charge in [-0.05, 0) is 48.4 Å². The van der Waals surface area contributed by atoms with E-state index in [0.29, 0.717) is 11.1 Å². The van der Waals surface area contributed by atoms with Gasteiger partial charge >= 0.3 is 0 Å². The molecule has 2 aromatic heterocycles. The molecule has 0 saturated carbocycles. The first-order valence-corrected chi connectivity index (χ1v) is 10.2. The zero-order chi connectivity index (χ0) is 19.8. The van der Waals surface area contributed by atoms with Crippen molar-refractivity contribution in [2.24, 2.45) is 0 Å². The van der Waals surface area contributed by atoms with Crippen molar-refractivity contribution in [3.8, 4) is 5.75 Å². The molecule has 5 heteroatoms. The molecule has 0 aliphatic rings. The molecule has 0 unspecified atom stereocenters. The van der Waals surface area contributed by atoms with Crippen LogP contribution in [0, 0.1) is 6.92 Å². The van der Waals surface area contributed by atoms with Crippen LogP contribution in [0.15, 0.2) is 77.6 Å². The largest absolute Gasteiger partial charge is 0.489 e. The number of hydrogen-bond acceptors (Lipinski definition) is 4. The Labute approximate surface area is 171 Å². The van der Waals surface area contributed by atoms with E-state index in [0.717, 1.165) is 32.9 Å². The van der Waals surface area contributed by atoms with Crippen LogP contribution in [0.3, 0.4) is 0 Å². The Hall–Kier alpha value is -3.44. The fourth-order valence-corrected chi connectivity index (χ4v) is 4.38. The van der Waals surface area contributed by atoms with Gasteiger partial charge in [0.2, 0.25) is 0 Å². The number of ether oxygens (including phenoxy) is 1. The van der Waals surface area contributed by atoms with Gasteiger partial charge in [-0.3, -0.25) is 4.79 Å². The molecule has 0 saturated heterocycles. The smallest absolute Gasteiger partial charge is 0.274 e. The highest BCUT2D eigenvalue weighted by Crippen LogP contribution is 2.17. The number of para-hydroxylation sites is 2. The van der Waals surface area contributed by atoms with Crippen molar-refractivity contribution in [3.63, 3.8) is 0 Å². The highest BCUT2D eigenvalue weighted by Gasteiger charge is 2.10. The molecule has 0 aliphatic heterocycles. The summed E-state index contributed by atoms with van der Waals surface area (Å²) < 4.78 is 8.23. The minimum absolute atomic E-state index is 0.0292. The highest BCUT2D eigenvalue weighted by molar-refractivity contribution is 7.15. The van der Waals surface area contributed by atoms with Crippen LogP contribution in [-0.2, 0) is 6.61 Å². The predicted octanol–water partition coefficient (Wildman–Crippen LogP) is 4.34. The van der Waals surface area contributed by atoms with Crippen molar-refractivity contribution in [3.05, 3.63) is 104 Å². The molecule has 0 fully saturated rings. The molecule has 0 amide bonds. The van der Waals surface area contributed by atoms with Gasteiger partial charge in [0.05, 0.1) is 15.6 Å². The second-order valence-corrected chi connectivity index (χ2v) is 7.99. The predicted molar refractivity (Wildman–Crippen MR) is 118 cm³/mol. The van der Waals surface area contributed by atoms with Gasteiger partial charge in [0.15, 0.2) is 4.96 Å². The first-order chi connectivity index (χ1) is 14.2. The Bertz CT molecular complexity index is 1430. The molecule has 0 bridgehead atoms. The SMILES string of the molecule is Cc1cccc(COc2ccc(C=c3sc4nc5ccccc5n4c3=O)cc2)c1. The van der Waals surface area contributed by atoms with Gasteiger partial charge in [-0.2, -0.15) is 0 Å². The summed E-state index contributed by atoms with van der Waals surface area (Å²) in [6.07, 6.45) is 1.90. The van der Waals surface area contributed by atoms with Crippen LogP contribution in [0.5, 0.6) is 5.75 Å². The van der Waals surface area contributed by atoms with Crippen LogP contribution >= 0.6 is 11.3 Å². The normalized spacial score (nSPS) is 12.1. The van der Waals surface area contributed by atoms with Crippen molar-refractivity contribution < 1.29 is 4.74 Å². The van der Waals surface area contributed by atoms with Gasteiger partial charge in [-0.15, -0.1) is 0 Å². The lowest BCUT2D eigenvalue weighted by molar-refractivity contribution is 0.306. The molecule has 0 aliphatic carbocycles. The number of imidazole rings is 1. The van der Waals surface area contributed by atoms with E-state index >= 15 is 0 Å². The summed E-state index contributed by atoms with van der Waals surface area (Å²) in [4.78, 5) is 18.1.